The van der Waals surface area contributed by atoms with E-state index >= 15 is 0 Å². The first-order valence-corrected chi connectivity index (χ1v) is 11.3. The number of morpholine rings is 1. The first-order valence-electron chi connectivity index (χ1n) is 11.3. The van der Waals surface area contributed by atoms with Gasteiger partial charge in [-0.3, -0.25) is 14.5 Å². The minimum Gasteiger partial charge on any atom is -0.379 e. The fourth-order valence-corrected chi connectivity index (χ4v) is 3.49. The maximum Gasteiger partial charge on any atom is 0.253 e. The Hall–Kier alpha value is -1.92. The topological polar surface area (TPSA) is 61.9 Å². The number of ether oxygens (including phenoxy) is 1. The Labute approximate surface area is 182 Å². The summed E-state index contributed by atoms with van der Waals surface area (Å²) >= 11 is 0. The molecule has 30 heavy (non-hydrogen) atoms. The summed E-state index contributed by atoms with van der Waals surface area (Å²) in [6, 6.07) is 7.03. The standard InChI is InChI=1S/C24H39N3O3/c1-5-6-7-8-13-27(15-14-26-16-18-30-19-17-26)23(29)21-11-9-20(10-12-21)22(28)25-24(2,3)4/h9-12H,5-8,13-19H2,1-4H3,(H,25,28). The van der Waals surface area contributed by atoms with E-state index in [1.165, 1.54) is 12.8 Å². The molecule has 1 aliphatic heterocycles. The molecule has 1 aromatic rings. The quantitative estimate of drug-likeness (QED) is 0.591. The van der Waals surface area contributed by atoms with Crippen LogP contribution >= 0.6 is 0 Å². The molecule has 0 spiro atoms. The number of nitrogens with one attached hydrogen (secondary N) is 1. The van der Waals surface area contributed by atoms with Gasteiger partial charge in [-0.15, -0.1) is 0 Å². The monoisotopic (exact) mass is 417 g/mol. The van der Waals surface area contributed by atoms with Crippen LogP contribution in [-0.4, -0.2) is 73.1 Å². The Morgan fingerprint density at radius 1 is 1.00 bits per heavy atom. The number of rotatable bonds is 10. The molecule has 0 atom stereocenters. The summed E-state index contributed by atoms with van der Waals surface area (Å²) in [5, 5.41) is 2.95. The van der Waals surface area contributed by atoms with Crippen LogP contribution in [0.5, 0.6) is 0 Å². The van der Waals surface area contributed by atoms with Crippen LogP contribution in [0.2, 0.25) is 0 Å². The third kappa shape index (κ3) is 8.44. The molecule has 1 aliphatic rings. The van der Waals surface area contributed by atoms with Gasteiger partial charge in [0.05, 0.1) is 13.2 Å². The van der Waals surface area contributed by atoms with Crippen LogP contribution in [0.3, 0.4) is 0 Å². The summed E-state index contributed by atoms with van der Waals surface area (Å²) in [5.74, 6) is -0.0761. The Morgan fingerprint density at radius 3 is 2.23 bits per heavy atom. The number of carbonyl (C=O) groups is 2. The van der Waals surface area contributed by atoms with Crippen LogP contribution in [0, 0.1) is 0 Å². The third-order valence-corrected chi connectivity index (χ3v) is 5.24. The summed E-state index contributed by atoms with van der Waals surface area (Å²) in [4.78, 5) is 29.8. The van der Waals surface area contributed by atoms with Crippen LogP contribution < -0.4 is 5.32 Å². The zero-order valence-electron chi connectivity index (χ0n) is 19.2. The van der Waals surface area contributed by atoms with Crippen LogP contribution in [0.25, 0.3) is 0 Å². The number of carbonyl (C=O) groups excluding carboxylic acids is 2. The summed E-state index contributed by atoms with van der Waals surface area (Å²) < 4.78 is 5.42. The predicted molar refractivity (Wildman–Crippen MR) is 121 cm³/mol. The fourth-order valence-electron chi connectivity index (χ4n) is 3.49. The lowest BCUT2D eigenvalue weighted by Gasteiger charge is -2.30. The second-order valence-corrected chi connectivity index (χ2v) is 9.09. The van der Waals surface area contributed by atoms with Gasteiger partial charge in [-0.25, -0.2) is 0 Å². The summed E-state index contributed by atoms with van der Waals surface area (Å²) in [6.45, 7) is 13.8. The normalized spacial score (nSPS) is 15.1. The van der Waals surface area contributed by atoms with E-state index in [9.17, 15) is 9.59 Å². The molecule has 0 aromatic heterocycles. The number of nitrogens with zero attached hydrogens (tertiary/aromatic N) is 2. The molecule has 1 saturated heterocycles. The van der Waals surface area contributed by atoms with Gasteiger partial charge in [-0.05, 0) is 51.5 Å². The molecule has 2 rings (SSSR count). The molecule has 168 valence electrons. The molecule has 2 amide bonds. The van der Waals surface area contributed by atoms with E-state index < -0.39 is 0 Å². The van der Waals surface area contributed by atoms with Gasteiger partial charge >= 0.3 is 0 Å². The summed E-state index contributed by atoms with van der Waals surface area (Å²) in [6.07, 6.45) is 4.54. The number of hydrogen-bond acceptors (Lipinski definition) is 4. The van der Waals surface area contributed by atoms with Crippen LogP contribution in [0.1, 0.15) is 74.1 Å². The number of amides is 2. The van der Waals surface area contributed by atoms with E-state index in [1.54, 1.807) is 24.3 Å². The summed E-state index contributed by atoms with van der Waals surface area (Å²) in [5.41, 5.74) is 0.921. The molecule has 0 unspecified atom stereocenters. The second-order valence-electron chi connectivity index (χ2n) is 9.09. The van der Waals surface area contributed by atoms with Crippen molar-refractivity contribution in [1.82, 2.24) is 15.1 Å². The van der Waals surface area contributed by atoms with Crippen molar-refractivity contribution in [2.75, 3.05) is 45.9 Å². The van der Waals surface area contributed by atoms with E-state index in [1.807, 2.05) is 25.7 Å². The molecule has 0 bridgehead atoms. The molecule has 6 heteroatoms. The zero-order chi connectivity index (χ0) is 22.0. The van der Waals surface area contributed by atoms with Crippen molar-refractivity contribution in [3.63, 3.8) is 0 Å². The van der Waals surface area contributed by atoms with Crippen molar-refractivity contribution in [1.29, 1.82) is 0 Å². The average Bonchev–Trinajstić information content (AvgIpc) is 2.72. The van der Waals surface area contributed by atoms with Crippen molar-refractivity contribution in [2.45, 2.75) is 58.9 Å². The SMILES string of the molecule is CCCCCCN(CCN1CCOCC1)C(=O)c1ccc(C(=O)NC(C)(C)C)cc1. The first-order chi connectivity index (χ1) is 14.3. The molecule has 0 aliphatic carbocycles. The van der Waals surface area contributed by atoms with E-state index in [2.05, 4.69) is 17.1 Å². The lowest BCUT2D eigenvalue weighted by atomic mass is 10.1. The molecule has 1 fully saturated rings. The van der Waals surface area contributed by atoms with Crippen molar-refractivity contribution in [3.8, 4) is 0 Å². The highest BCUT2D eigenvalue weighted by molar-refractivity contribution is 5.98. The van der Waals surface area contributed by atoms with Crippen LogP contribution in [0.15, 0.2) is 24.3 Å². The number of benzene rings is 1. The van der Waals surface area contributed by atoms with Gasteiger partial charge in [0, 0.05) is 49.4 Å². The highest BCUT2D eigenvalue weighted by Crippen LogP contribution is 2.12. The predicted octanol–water partition coefficient (Wildman–Crippen LogP) is 3.57. The smallest absolute Gasteiger partial charge is 0.253 e. The van der Waals surface area contributed by atoms with Crippen molar-refractivity contribution >= 4 is 11.8 Å². The first kappa shape index (κ1) is 24.4. The van der Waals surface area contributed by atoms with E-state index in [4.69, 9.17) is 4.74 Å². The highest BCUT2D eigenvalue weighted by atomic mass is 16.5. The van der Waals surface area contributed by atoms with Gasteiger partial charge in [0.2, 0.25) is 0 Å². The molecule has 0 radical (unpaired) electrons. The Bertz CT molecular complexity index is 661. The molecule has 1 N–H and O–H groups in total. The molecule has 1 heterocycles. The fraction of sp³-hybridized carbons (Fsp3) is 0.667. The van der Waals surface area contributed by atoms with E-state index in [0.717, 1.165) is 58.8 Å². The molecule has 1 aromatic carbocycles. The number of unbranched alkanes of at least 4 members (excludes halogenated alkanes) is 3. The van der Waals surface area contributed by atoms with Gasteiger partial charge < -0.3 is 15.0 Å². The molecular formula is C24H39N3O3. The maximum absolute atomic E-state index is 13.2. The van der Waals surface area contributed by atoms with Gasteiger partial charge in [0.15, 0.2) is 0 Å². The molecular weight excluding hydrogens is 378 g/mol. The lowest BCUT2D eigenvalue weighted by Crippen LogP contribution is -2.43. The second kappa shape index (κ2) is 12.1. The maximum atomic E-state index is 13.2. The highest BCUT2D eigenvalue weighted by Gasteiger charge is 2.19. The molecule has 6 nitrogen and oxygen atoms in total. The minimum absolute atomic E-state index is 0.0440. The third-order valence-electron chi connectivity index (χ3n) is 5.24. The van der Waals surface area contributed by atoms with Gasteiger partial charge in [-0.1, -0.05) is 26.2 Å². The Kier molecular flexibility index (Phi) is 9.79. The Balaban J connectivity index is 2.00. The van der Waals surface area contributed by atoms with Crippen molar-refractivity contribution in [3.05, 3.63) is 35.4 Å². The average molecular weight is 418 g/mol. The van der Waals surface area contributed by atoms with E-state index in [-0.39, 0.29) is 17.4 Å². The van der Waals surface area contributed by atoms with Gasteiger partial charge in [-0.2, -0.15) is 0 Å². The largest absolute Gasteiger partial charge is 0.379 e. The van der Waals surface area contributed by atoms with Crippen molar-refractivity contribution in [2.24, 2.45) is 0 Å². The van der Waals surface area contributed by atoms with E-state index in [0.29, 0.717) is 11.1 Å². The van der Waals surface area contributed by atoms with Crippen LogP contribution in [0.4, 0.5) is 0 Å². The molecule has 0 saturated carbocycles. The van der Waals surface area contributed by atoms with Crippen molar-refractivity contribution < 1.29 is 14.3 Å². The lowest BCUT2D eigenvalue weighted by molar-refractivity contribution is 0.0324. The number of hydrogen-bond donors (Lipinski definition) is 1. The zero-order valence-corrected chi connectivity index (χ0v) is 19.2. The van der Waals surface area contributed by atoms with Gasteiger partial charge in [0.25, 0.3) is 11.8 Å². The Morgan fingerprint density at radius 2 is 1.63 bits per heavy atom. The minimum atomic E-state index is -0.291. The van der Waals surface area contributed by atoms with Crippen LogP contribution in [-0.2, 0) is 4.74 Å². The summed E-state index contributed by atoms with van der Waals surface area (Å²) in [7, 11) is 0. The van der Waals surface area contributed by atoms with Gasteiger partial charge in [0.1, 0.15) is 0 Å².